The van der Waals surface area contributed by atoms with Crippen molar-refractivity contribution in [3.05, 3.63) is 29.8 Å². The number of nitrogens with one attached hydrogen (secondary N) is 1. The van der Waals surface area contributed by atoms with E-state index in [1.165, 1.54) is 0 Å². The maximum Gasteiger partial charge on any atom is 0.251 e. The lowest BCUT2D eigenvalue weighted by molar-refractivity contribution is 0.0952. The summed E-state index contributed by atoms with van der Waals surface area (Å²) >= 11 is 0. The molecule has 0 radical (unpaired) electrons. The van der Waals surface area contributed by atoms with Gasteiger partial charge in [0.25, 0.3) is 5.91 Å². The molecule has 0 unspecified atom stereocenters. The van der Waals surface area contributed by atoms with Crippen LogP contribution in [-0.4, -0.2) is 25.6 Å². The van der Waals surface area contributed by atoms with Crippen LogP contribution in [0.15, 0.2) is 24.3 Å². The van der Waals surface area contributed by atoms with E-state index in [9.17, 15) is 4.79 Å². The Hall–Kier alpha value is -1.55. The summed E-state index contributed by atoms with van der Waals surface area (Å²) in [7, 11) is 0. The Balaban J connectivity index is 2.48. The molecule has 3 N–H and O–H groups in total. The maximum atomic E-state index is 11.9. The molecule has 4 heteroatoms. The molecule has 1 amide bonds. The third-order valence-corrected chi connectivity index (χ3v) is 2.60. The molecule has 0 fully saturated rings. The summed E-state index contributed by atoms with van der Waals surface area (Å²) in [5, 5.41) is 2.88. The first-order valence-electron chi connectivity index (χ1n) is 6.84. The fourth-order valence-electron chi connectivity index (χ4n) is 1.56. The van der Waals surface area contributed by atoms with E-state index in [1.807, 2.05) is 12.1 Å². The summed E-state index contributed by atoms with van der Waals surface area (Å²) in [6.45, 7) is 6.16. The quantitative estimate of drug-likeness (QED) is 0.707. The lowest BCUT2D eigenvalue weighted by Crippen LogP contribution is -2.24. The van der Waals surface area contributed by atoms with Crippen LogP contribution in [0.1, 0.15) is 37.0 Å². The molecule has 0 heterocycles. The van der Waals surface area contributed by atoms with Gasteiger partial charge in [0.2, 0.25) is 0 Å². The molecule has 0 aliphatic carbocycles. The molecule has 0 saturated heterocycles. The van der Waals surface area contributed by atoms with Gasteiger partial charge in [-0.2, -0.15) is 0 Å². The fourth-order valence-corrected chi connectivity index (χ4v) is 1.56. The second-order valence-corrected chi connectivity index (χ2v) is 4.98. The highest BCUT2D eigenvalue weighted by atomic mass is 16.5. The molecule has 1 rings (SSSR count). The zero-order valence-corrected chi connectivity index (χ0v) is 11.8. The van der Waals surface area contributed by atoms with E-state index in [4.69, 9.17) is 10.5 Å². The monoisotopic (exact) mass is 264 g/mol. The molecule has 106 valence electrons. The van der Waals surface area contributed by atoms with Crippen molar-refractivity contribution < 1.29 is 9.53 Å². The predicted octanol–water partition coefficient (Wildman–Crippen LogP) is 2.19. The summed E-state index contributed by atoms with van der Waals surface area (Å²) in [6.07, 6.45) is 1.84. The van der Waals surface area contributed by atoms with Crippen LogP contribution in [0.4, 0.5) is 0 Å². The molecule has 19 heavy (non-hydrogen) atoms. The molecule has 0 bridgehead atoms. The third kappa shape index (κ3) is 6.25. The van der Waals surface area contributed by atoms with Crippen molar-refractivity contribution in [1.29, 1.82) is 0 Å². The lowest BCUT2D eigenvalue weighted by Gasteiger charge is -2.10. The van der Waals surface area contributed by atoms with Crippen LogP contribution >= 0.6 is 0 Å². The van der Waals surface area contributed by atoms with Crippen LogP contribution in [-0.2, 0) is 0 Å². The molecule has 1 aromatic rings. The predicted molar refractivity (Wildman–Crippen MR) is 77.4 cm³/mol. The molecular formula is C15H24N2O2. The zero-order chi connectivity index (χ0) is 14.1. The molecule has 1 aromatic carbocycles. The minimum absolute atomic E-state index is 0.0629. The topological polar surface area (TPSA) is 64.3 Å². The number of unbranched alkanes of at least 4 members (excludes halogenated alkanes) is 1. The average molecular weight is 264 g/mol. The highest BCUT2D eigenvalue weighted by molar-refractivity contribution is 5.94. The van der Waals surface area contributed by atoms with Gasteiger partial charge in [0.1, 0.15) is 5.75 Å². The van der Waals surface area contributed by atoms with Gasteiger partial charge < -0.3 is 15.8 Å². The van der Waals surface area contributed by atoms with Gasteiger partial charge in [-0.3, -0.25) is 4.79 Å². The van der Waals surface area contributed by atoms with Gasteiger partial charge >= 0.3 is 0 Å². The zero-order valence-electron chi connectivity index (χ0n) is 11.8. The van der Waals surface area contributed by atoms with Crippen molar-refractivity contribution in [3.8, 4) is 5.75 Å². The average Bonchev–Trinajstić information content (AvgIpc) is 2.41. The number of amides is 1. The van der Waals surface area contributed by atoms with Gasteiger partial charge in [0.05, 0.1) is 6.61 Å². The van der Waals surface area contributed by atoms with Crippen molar-refractivity contribution in [1.82, 2.24) is 5.32 Å². The van der Waals surface area contributed by atoms with Crippen LogP contribution < -0.4 is 15.8 Å². The molecular weight excluding hydrogens is 240 g/mol. The number of carbonyl (C=O) groups excluding carboxylic acids is 1. The van der Waals surface area contributed by atoms with Gasteiger partial charge in [0, 0.05) is 12.1 Å². The van der Waals surface area contributed by atoms with Crippen LogP contribution in [0.2, 0.25) is 0 Å². The van der Waals surface area contributed by atoms with Crippen molar-refractivity contribution in [2.24, 2.45) is 11.7 Å². The van der Waals surface area contributed by atoms with Crippen LogP contribution in [0.5, 0.6) is 5.75 Å². The number of hydrogen-bond acceptors (Lipinski definition) is 3. The number of carbonyl (C=O) groups is 1. The maximum absolute atomic E-state index is 11.9. The molecule has 0 aliphatic heterocycles. The van der Waals surface area contributed by atoms with Gasteiger partial charge in [-0.25, -0.2) is 0 Å². The molecule has 0 aromatic heterocycles. The van der Waals surface area contributed by atoms with Crippen molar-refractivity contribution in [2.45, 2.75) is 26.7 Å². The first-order valence-corrected chi connectivity index (χ1v) is 6.84. The minimum atomic E-state index is -0.0629. The number of nitrogens with two attached hydrogens (primary N) is 1. The van der Waals surface area contributed by atoms with Crippen LogP contribution in [0.3, 0.4) is 0 Å². The summed E-state index contributed by atoms with van der Waals surface area (Å²) in [5.74, 6) is 1.14. The smallest absolute Gasteiger partial charge is 0.251 e. The molecule has 0 spiro atoms. The Morgan fingerprint density at radius 2 is 2.16 bits per heavy atom. The number of rotatable bonds is 8. The van der Waals surface area contributed by atoms with Gasteiger partial charge in [-0.1, -0.05) is 19.9 Å². The van der Waals surface area contributed by atoms with E-state index in [2.05, 4.69) is 19.2 Å². The lowest BCUT2D eigenvalue weighted by atomic mass is 10.2. The summed E-state index contributed by atoms with van der Waals surface area (Å²) in [4.78, 5) is 11.9. The minimum Gasteiger partial charge on any atom is -0.493 e. The van der Waals surface area contributed by atoms with Crippen molar-refractivity contribution in [3.63, 3.8) is 0 Å². The van der Waals surface area contributed by atoms with Crippen LogP contribution in [0, 0.1) is 5.92 Å². The Morgan fingerprint density at radius 1 is 1.37 bits per heavy atom. The second kappa shape index (κ2) is 8.53. The Kier molecular flexibility index (Phi) is 6.97. The standard InChI is InChI=1S/C15H24N2O2/c1-12(2)11-19-14-7-5-6-13(10-14)15(18)17-9-4-3-8-16/h5-7,10,12H,3-4,8-9,11,16H2,1-2H3,(H,17,18). The second-order valence-electron chi connectivity index (χ2n) is 4.98. The number of benzene rings is 1. The van der Waals surface area contributed by atoms with E-state index < -0.39 is 0 Å². The van der Waals surface area contributed by atoms with Gasteiger partial charge in [0.15, 0.2) is 0 Å². The first kappa shape index (κ1) is 15.5. The summed E-state index contributed by atoms with van der Waals surface area (Å²) in [6, 6.07) is 7.28. The first-order chi connectivity index (χ1) is 9.13. The van der Waals surface area contributed by atoms with E-state index in [0.29, 0.717) is 31.2 Å². The highest BCUT2D eigenvalue weighted by Crippen LogP contribution is 2.14. The third-order valence-electron chi connectivity index (χ3n) is 2.60. The van der Waals surface area contributed by atoms with Gasteiger partial charge in [-0.05, 0) is 43.5 Å². The summed E-state index contributed by atoms with van der Waals surface area (Å²) < 4.78 is 5.60. The van der Waals surface area contributed by atoms with Crippen molar-refractivity contribution in [2.75, 3.05) is 19.7 Å². The Morgan fingerprint density at radius 3 is 2.84 bits per heavy atom. The van der Waals surface area contributed by atoms with E-state index >= 15 is 0 Å². The Bertz CT molecular complexity index is 391. The fraction of sp³-hybridized carbons (Fsp3) is 0.533. The highest BCUT2D eigenvalue weighted by Gasteiger charge is 2.06. The number of ether oxygens (including phenoxy) is 1. The van der Waals surface area contributed by atoms with Gasteiger partial charge in [-0.15, -0.1) is 0 Å². The SMILES string of the molecule is CC(C)COc1cccc(C(=O)NCCCCN)c1. The molecule has 0 atom stereocenters. The number of hydrogen-bond donors (Lipinski definition) is 2. The largest absolute Gasteiger partial charge is 0.493 e. The molecule has 0 aliphatic rings. The molecule has 4 nitrogen and oxygen atoms in total. The van der Waals surface area contributed by atoms with E-state index in [0.717, 1.165) is 18.6 Å². The van der Waals surface area contributed by atoms with Crippen molar-refractivity contribution >= 4 is 5.91 Å². The normalized spacial score (nSPS) is 10.5. The molecule has 0 saturated carbocycles. The Labute approximate surface area is 115 Å². The van der Waals surface area contributed by atoms with E-state index in [1.54, 1.807) is 12.1 Å². The van der Waals surface area contributed by atoms with Crippen LogP contribution in [0.25, 0.3) is 0 Å². The van der Waals surface area contributed by atoms with E-state index in [-0.39, 0.29) is 5.91 Å². The summed E-state index contributed by atoms with van der Waals surface area (Å²) in [5.41, 5.74) is 6.04.